The van der Waals surface area contributed by atoms with E-state index in [0.29, 0.717) is 19.6 Å². The van der Waals surface area contributed by atoms with Gasteiger partial charge >= 0.3 is 0 Å². The Kier molecular flexibility index (Phi) is 4.36. The third-order valence-electron chi connectivity index (χ3n) is 5.18. The molecule has 26 heavy (non-hydrogen) atoms. The number of fused-ring (bicyclic) bond motifs is 1. The lowest BCUT2D eigenvalue weighted by Gasteiger charge is -2.43. The van der Waals surface area contributed by atoms with Gasteiger partial charge in [0.25, 0.3) is 5.91 Å². The van der Waals surface area contributed by atoms with E-state index in [1.807, 2.05) is 24.0 Å². The Bertz CT molecular complexity index is 890. The number of furan rings is 1. The third kappa shape index (κ3) is 3.16. The lowest BCUT2D eigenvalue weighted by molar-refractivity contribution is 0.0282. The largest absolute Gasteiger partial charge is 0.459 e. The van der Waals surface area contributed by atoms with Crippen LogP contribution in [0, 0.1) is 0 Å². The zero-order valence-corrected chi connectivity index (χ0v) is 15.4. The number of piperazine rings is 1. The second kappa shape index (κ2) is 6.55. The number of aryl methyl sites for hydroxylation is 1. The Hall–Kier alpha value is -2.13. The van der Waals surface area contributed by atoms with E-state index in [2.05, 4.69) is 10.00 Å². The maximum atomic E-state index is 12.7. The number of carbonyl (C=O) groups is 1. The molecule has 2 atom stereocenters. The van der Waals surface area contributed by atoms with Crippen LogP contribution in [0.25, 0.3) is 0 Å². The van der Waals surface area contributed by atoms with Crippen LogP contribution in [-0.4, -0.2) is 70.6 Å². The van der Waals surface area contributed by atoms with E-state index in [-0.39, 0.29) is 35.3 Å². The van der Waals surface area contributed by atoms with Crippen LogP contribution in [0.15, 0.2) is 35.2 Å². The number of hydrogen-bond acceptors (Lipinski definition) is 6. The Morgan fingerprint density at radius 2 is 2.12 bits per heavy atom. The summed E-state index contributed by atoms with van der Waals surface area (Å²) < 4.78 is 31.7. The zero-order valence-electron chi connectivity index (χ0n) is 14.6. The first-order valence-corrected chi connectivity index (χ1v) is 10.6. The molecule has 0 unspecified atom stereocenters. The number of hydrogen-bond donors (Lipinski definition) is 0. The third-order valence-corrected chi connectivity index (χ3v) is 6.88. The second-order valence-corrected chi connectivity index (χ2v) is 9.02. The average molecular weight is 378 g/mol. The first-order valence-electron chi connectivity index (χ1n) is 8.77. The van der Waals surface area contributed by atoms with Crippen LogP contribution in [0.4, 0.5) is 0 Å². The van der Waals surface area contributed by atoms with E-state index in [1.165, 1.54) is 6.26 Å². The number of carbonyl (C=O) groups excluding carboxylic acids is 1. The van der Waals surface area contributed by atoms with Gasteiger partial charge < -0.3 is 9.32 Å². The highest BCUT2D eigenvalue weighted by Crippen LogP contribution is 2.29. The smallest absolute Gasteiger partial charge is 0.289 e. The van der Waals surface area contributed by atoms with E-state index in [1.54, 1.807) is 17.0 Å². The predicted molar refractivity (Wildman–Crippen MR) is 94.3 cm³/mol. The molecule has 9 heteroatoms. The molecule has 8 nitrogen and oxygen atoms in total. The Labute approximate surface area is 152 Å². The minimum absolute atomic E-state index is 0.00877. The van der Waals surface area contributed by atoms with E-state index in [0.717, 1.165) is 12.1 Å². The van der Waals surface area contributed by atoms with Gasteiger partial charge in [-0.2, -0.15) is 5.10 Å². The van der Waals surface area contributed by atoms with Crippen LogP contribution in [0.1, 0.15) is 23.0 Å². The van der Waals surface area contributed by atoms with Gasteiger partial charge in [0.05, 0.1) is 30.0 Å². The molecule has 4 heterocycles. The van der Waals surface area contributed by atoms with Crippen molar-refractivity contribution in [1.82, 2.24) is 19.6 Å². The lowest BCUT2D eigenvalue weighted by Crippen LogP contribution is -2.60. The molecule has 140 valence electrons. The Morgan fingerprint density at radius 1 is 1.31 bits per heavy atom. The molecule has 2 aromatic heterocycles. The Balaban J connectivity index is 1.56. The van der Waals surface area contributed by atoms with E-state index in [9.17, 15) is 13.2 Å². The molecule has 0 aliphatic carbocycles. The molecule has 2 aromatic rings. The predicted octanol–water partition coefficient (Wildman–Crippen LogP) is 0.620. The van der Waals surface area contributed by atoms with Gasteiger partial charge in [-0.05, 0) is 19.1 Å². The van der Waals surface area contributed by atoms with Gasteiger partial charge in [0.15, 0.2) is 15.6 Å². The summed E-state index contributed by atoms with van der Waals surface area (Å²) in [6, 6.07) is 2.74. The molecule has 2 fully saturated rings. The highest BCUT2D eigenvalue weighted by Gasteiger charge is 2.48. The number of amides is 1. The van der Waals surface area contributed by atoms with Gasteiger partial charge in [0.1, 0.15) is 0 Å². The summed E-state index contributed by atoms with van der Waals surface area (Å²) >= 11 is 0. The second-order valence-electron chi connectivity index (χ2n) is 6.86. The van der Waals surface area contributed by atoms with Gasteiger partial charge in [0, 0.05) is 44.0 Å². The fourth-order valence-electron chi connectivity index (χ4n) is 3.91. The van der Waals surface area contributed by atoms with Crippen molar-refractivity contribution in [3.63, 3.8) is 0 Å². The summed E-state index contributed by atoms with van der Waals surface area (Å²) in [5, 5.41) is 4.29. The van der Waals surface area contributed by atoms with Gasteiger partial charge in [-0.1, -0.05) is 0 Å². The zero-order chi connectivity index (χ0) is 18.3. The molecule has 0 bridgehead atoms. The van der Waals surface area contributed by atoms with E-state index in [4.69, 9.17) is 4.42 Å². The summed E-state index contributed by atoms with van der Waals surface area (Å²) in [4.78, 5) is 16.6. The number of rotatable bonds is 4. The van der Waals surface area contributed by atoms with Crippen molar-refractivity contribution in [2.75, 3.05) is 24.6 Å². The molecule has 0 radical (unpaired) electrons. The maximum Gasteiger partial charge on any atom is 0.289 e. The van der Waals surface area contributed by atoms with Crippen molar-refractivity contribution < 1.29 is 17.6 Å². The fraction of sp³-hybridized carbons (Fsp3) is 0.529. The standard InChI is InChI=1S/C17H22N4O4S/c1-2-20-10-13(8-18-20)9-19-5-6-21(17(22)16-4-3-7-25-16)15-12-26(23,24)11-14(15)19/h3-4,7-8,10,14-15H,2,5-6,9,11-12H2,1H3/t14-,15+/m1/s1. The van der Waals surface area contributed by atoms with Crippen molar-refractivity contribution in [2.24, 2.45) is 0 Å². The van der Waals surface area contributed by atoms with Crippen LogP contribution in [0.5, 0.6) is 0 Å². The topological polar surface area (TPSA) is 88.7 Å². The van der Waals surface area contributed by atoms with Crippen molar-refractivity contribution in [1.29, 1.82) is 0 Å². The minimum atomic E-state index is -3.18. The van der Waals surface area contributed by atoms with Crippen LogP contribution in [0.2, 0.25) is 0 Å². The molecule has 1 amide bonds. The molecule has 0 N–H and O–H groups in total. The van der Waals surface area contributed by atoms with Crippen LogP contribution in [0.3, 0.4) is 0 Å². The molecule has 2 aliphatic heterocycles. The van der Waals surface area contributed by atoms with Crippen LogP contribution >= 0.6 is 0 Å². The fourth-order valence-corrected chi connectivity index (χ4v) is 5.92. The molecule has 4 rings (SSSR count). The number of aromatic nitrogens is 2. The normalized spacial score (nSPS) is 25.3. The quantitative estimate of drug-likeness (QED) is 0.775. The lowest BCUT2D eigenvalue weighted by atomic mass is 10.0. The van der Waals surface area contributed by atoms with Crippen molar-refractivity contribution in [3.05, 3.63) is 42.1 Å². The molecular weight excluding hydrogens is 356 g/mol. The van der Waals surface area contributed by atoms with Gasteiger partial charge in [0.2, 0.25) is 0 Å². The number of sulfone groups is 1. The van der Waals surface area contributed by atoms with Crippen molar-refractivity contribution >= 4 is 15.7 Å². The van der Waals surface area contributed by atoms with Crippen molar-refractivity contribution in [2.45, 2.75) is 32.1 Å². The van der Waals surface area contributed by atoms with Crippen LogP contribution in [-0.2, 0) is 22.9 Å². The first kappa shape index (κ1) is 17.3. The summed E-state index contributed by atoms with van der Waals surface area (Å²) in [6.45, 7) is 4.57. The molecule has 0 spiro atoms. The summed E-state index contributed by atoms with van der Waals surface area (Å²) in [6.07, 6.45) is 5.26. The van der Waals surface area contributed by atoms with Crippen LogP contribution < -0.4 is 0 Å². The average Bonchev–Trinajstić information content (AvgIpc) is 3.33. The Morgan fingerprint density at radius 3 is 2.81 bits per heavy atom. The van der Waals surface area contributed by atoms with E-state index >= 15 is 0 Å². The highest BCUT2D eigenvalue weighted by molar-refractivity contribution is 7.91. The summed E-state index contributed by atoms with van der Waals surface area (Å²) in [5.41, 5.74) is 1.06. The molecule has 0 aromatic carbocycles. The monoisotopic (exact) mass is 378 g/mol. The summed E-state index contributed by atoms with van der Waals surface area (Å²) in [5.74, 6) is 0.113. The van der Waals surface area contributed by atoms with Gasteiger partial charge in [-0.25, -0.2) is 8.42 Å². The minimum Gasteiger partial charge on any atom is -0.459 e. The van der Waals surface area contributed by atoms with Gasteiger partial charge in [-0.3, -0.25) is 14.4 Å². The highest BCUT2D eigenvalue weighted by atomic mass is 32.2. The van der Waals surface area contributed by atoms with Crippen molar-refractivity contribution in [3.8, 4) is 0 Å². The maximum absolute atomic E-state index is 12.7. The SMILES string of the molecule is CCn1cc(CN2CCN(C(=O)c3ccco3)[C@H]3CS(=O)(=O)C[C@H]32)cn1. The summed E-state index contributed by atoms with van der Waals surface area (Å²) in [7, 11) is -3.18. The molecule has 2 aliphatic rings. The van der Waals surface area contributed by atoms with E-state index < -0.39 is 9.84 Å². The van der Waals surface area contributed by atoms with Gasteiger partial charge in [-0.15, -0.1) is 0 Å². The molecule has 0 saturated carbocycles. The molecule has 2 saturated heterocycles. The number of nitrogens with zero attached hydrogens (tertiary/aromatic N) is 4. The molecular formula is C17H22N4O4S. The first-order chi connectivity index (χ1) is 12.5.